The van der Waals surface area contributed by atoms with Crippen molar-refractivity contribution in [3.05, 3.63) is 46.7 Å². The molecule has 1 aromatic carbocycles. The van der Waals surface area contributed by atoms with Gasteiger partial charge < -0.3 is 15.5 Å². The third kappa shape index (κ3) is 2.76. The van der Waals surface area contributed by atoms with Crippen molar-refractivity contribution in [2.24, 2.45) is 0 Å². The van der Waals surface area contributed by atoms with Gasteiger partial charge in [0.05, 0.1) is 17.8 Å². The molecule has 0 unspecified atom stereocenters. The van der Waals surface area contributed by atoms with E-state index < -0.39 is 0 Å². The van der Waals surface area contributed by atoms with Gasteiger partial charge in [0.15, 0.2) is 0 Å². The highest BCUT2D eigenvalue weighted by molar-refractivity contribution is 6.00. The van der Waals surface area contributed by atoms with Crippen LogP contribution in [-0.2, 0) is 6.54 Å². The summed E-state index contributed by atoms with van der Waals surface area (Å²) < 4.78 is 5.40. The number of nitrogens with two attached hydrogens (primary N) is 1. The van der Waals surface area contributed by atoms with Crippen molar-refractivity contribution in [2.75, 3.05) is 5.73 Å². The number of aryl methyl sites for hydroxylation is 3. The van der Waals surface area contributed by atoms with Crippen molar-refractivity contribution >= 4 is 11.6 Å². The molecule has 0 atom stereocenters. The molecule has 0 saturated heterocycles. The summed E-state index contributed by atoms with van der Waals surface area (Å²) >= 11 is 0. The van der Waals surface area contributed by atoms with Crippen LogP contribution in [0.3, 0.4) is 0 Å². The molecule has 0 aliphatic rings. The van der Waals surface area contributed by atoms with E-state index in [-0.39, 0.29) is 12.5 Å². The fourth-order valence-corrected chi connectivity index (χ4v) is 1.86. The van der Waals surface area contributed by atoms with Gasteiger partial charge in [0.2, 0.25) is 5.89 Å². The van der Waals surface area contributed by atoms with Crippen LogP contribution in [0.5, 0.6) is 0 Å². The maximum Gasteiger partial charge on any atom is 0.254 e. The first kappa shape index (κ1) is 13.1. The first-order valence-corrected chi connectivity index (χ1v) is 6.05. The van der Waals surface area contributed by atoms with Crippen molar-refractivity contribution in [1.29, 1.82) is 0 Å². The Kier molecular flexibility index (Phi) is 3.55. The molecule has 2 rings (SSSR count). The Morgan fingerprint density at radius 2 is 2.11 bits per heavy atom. The minimum Gasteiger partial charge on any atom is -0.444 e. The molecule has 0 aliphatic carbocycles. The van der Waals surface area contributed by atoms with Crippen LogP contribution >= 0.6 is 0 Å². The summed E-state index contributed by atoms with van der Waals surface area (Å²) in [5.41, 5.74) is 8.47. The molecule has 5 heteroatoms. The number of carbonyl (C=O) groups excluding carboxylic acids is 1. The quantitative estimate of drug-likeness (QED) is 0.827. The van der Waals surface area contributed by atoms with E-state index in [0.717, 1.165) is 17.0 Å². The van der Waals surface area contributed by atoms with Crippen LogP contribution in [0, 0.1) is 20.8 Å². The molecule has 100 valence electrons. The predicted molar refractivity (Wildman–Crippen MR) is 72.7 cm³/mol. The third-order valence-electron chi connectivity index (χ3n) is 3.01. The molecule has 19 heavy (non-hydrogen) atoms. The highest BCUT2D eigenvalue weighted by atomic mass is 16.4. The molecule has 1 amide bonds. The molecular formula is C14H17N3O2. The molecule has 1 heterocycles. The predicted octanol–water partition coefficient (Wildman–Crippen LogP) is 2.11. The van der Waals surface area contributed by atoms with Crippen LogP contribution in [0.4, 0.5) is 5.69 Å². The number of nitrogen functional groups attached to an aromatic ring is 1. The van der Waals surface area contributed by atoms with Crippen molar-refractivity contribution < 1.29 is 9.21 Å². The number of aromatic nitrogens is 1. The summed E-state index contributed by atoms with van der Waals surface area (Å²) in [6.45, 7) is 5.81. The molecule has 1 aromatic heterocycles. The second kappa shape index (κ2) is 5.14. The van der Waals surface area contributed by atoms with Crippen LogP contribution in [0.1, 0.15) is 33.3 Å². The Morgan fingerprint density at radius 3 is 2.68 bits per heavy atom. The lowest BCUT2D eigenvalue weighted by Crippen LogP contribution is -2.24. The van der Waals surface area contributed by atoms with Gasteiger partial charge in [-0.15, -0.1) is 0 Å². The maximum absolute atomic E-state index is 12.1. The maximum atomic E-state index is 12.1. The second-order valence-electron chi connectivity index (χ2n) is 4.47. The van der Waals surface area contributed by atoms with E-state index in [1.165, 1.54) is 0 Å². The minimum atomic E-state index is -0.218. The molecular weight excluding hydrogens is 242 g/mol. The number of benzene rings is 1. The molecule has 0 spiro atoms. The first-order valence-electron chi connectivity index (χ1n) is 6.05. The van der Waals surface area contributed by atoms with E-state index in [0.29, 0.717) is 17.1 Å². The van der Waals surface area contributed by atoms with Crippen LogP contribution in [0.2, 0.25) is 0 Å². The smallest absolute Gasteiger partial charge is 0.254 e. The van der Waals surface area contributed by atoms with Crippen molar-refractivity contribution in [3.63, 3.8) is 0 Å². The van der Waals surface area contributed by atoms with Gasteiger partial charge in [0.25, 0.3) is 5.91 Å². The zero-order chi connectivity index (χ0) is 14.0. The van der Waals surface area contributed by atoms with Crippen LogP contribution in [0.15, 0.2) is 22.6 Å². The number of rotatable bonds is 3. The van der Waals surface area contributed by atoms with Gasteiger partial charge >= 0.3 is 0 Å². The third-order valence-corrected chi connectivity index (χ3v) is 3.01. The number of anilines is 1. The Bertz CT molecular complexity index is 577. The SMILES string of the molecule is Cc1cccc(N)c1C(=O)NCc1nc(C)c(C)o1. The molecule has 0 radical (unpaired) electrons. The van der Waals surface area contributed by atoms with E-state index in [4.69, 9.17) is 10.2 Å². The Hall–Kier alpha value is -2.30. The molecule has 2 aromatic rings. The summed E-state index contributed by atoms with van der Waals surface area (Å²) in [6.07, 6.45) is 0. The van der Waals surface area contributed by atoms with Crippen molar-refractivity contribution in [1.82, 2.24) is 10.3 Å². The lowest BCUT2D eigenvalue weighted by Gasteiger charge is -2.08. The number of hydrogen-bond donors (Lipinski definition) is 2. The monoisotopic (exact) mass is 259 g/mol. The normalized spacial score (nSPS) is 10.5. The Labute approximate surface area is 111 Å². The van der Waals surface area contributed by atoms with E-state index >= 15 is 0 Å². The fraction of sp³-hybridized carbons (Fsp3) is 0.286. The number of carbonyl (C=O) groups is 1. The standard InChI is InChI=1S/C14H17N3O2/c1-8-5-4-6-11(15)13(8)14(18)16-7-12-17-9(2)10(3)19-12/h4-6H,7,15H2,1-3H3,(H,16,18). The van der Waals surface area contributed by atoms with Crippen molar-refractivity contribution in [3.8, 4) is 0 Å². The number of hydrogen-bond acceptors (Lipinski definition) is 4. The van der Waals surface area contributed by atoms with E-state index in [9.17, 15) is 4.79 Å². The summed E-state index contributed by atoms with van der Waals surface area (Å²) in [5.74, 6) is 1.04. The lowest BCUT2D eigenvalue weighted by atomic mass is 10.1. The topological polar surface area (TPSA) is 81.2 Å². The highest BCUT2D eigenvalue weighted by Crippen LogP contribution is 2.16. The fourth-order valence-electron chi connectivity index (χ4n) is 1.86. The van der Waals surface area contributed by atoms with Crippen LogP contribution in [-0.4, -0.2) is 10.9 Å². The Balaban J connectivity index is 2.09. The van der Waals surface area contributed by atoms with Gasteiger partial charge in [-0.25, -0.2) is 4.98 Å². The van der Waals surface area contributed by atoms with E-state index in [1.807, 2.05) is 32.9 Å². The van der Waals surface area contributed by atoms with Gasteiger partial charge in [0.1, 0.15) is 5.76 Å². The second-order valence-corrected chi connectivity index (χ2v) is 4.47. The lowest BCUT2D eigenvalue weighted by molar-refractivity contribution is 0.0947. The summed E-state index contributed by atoms with van der Waals surface area (Å²) in [6, 6.07) is 5.38. The van der Waals surface area contributed by atoms with Gasteiger partial charge in [-0.2, -0.15) is 0 Å². The van der Waals surface area contributed by atoms with Gasteiger partial charge in [-0.05, 0) is 32.4 Å². The van der Waals surface area contributed by atoms with Crippen LogP contribution in [0.25, 0.3) is 0 Å². The highest BCUT2D eigenvalue weighted by Gasteiger charge is 2.13. The average Bonchev–Trinajstić information content (AvgIpc) is 2.66. The van der Waals surface area contributed by atoms with Gasteiger partial charge in [-0.3, -0.25) is 4.79 Å². The molecule has 5 nitrogen and oxygen atoms in total. The van der Waals surface area contributed by atoms with E-state index in [1.54, 1.807) is 6.07 Å². The summed E-state index contributed by atoms with van der Waals surface area (Å²) in [7, 11) is 0. The average molecular weight is 259 g/mol. The number of oxazole rings is 1. The molecule has 3 N–H and O–H groups in total. The number of amides is 1. The largest absolute Gasteiger partial charge is 0.444 e. The minimum absolute atomic E-state index is 0.218. The first-order chi connectivity index (χ1) is 8.99. The van der Waals surface area contributed by atoms with E-state index in [2.05, 4.69) is 10.3 Å². The molecule has 0 bridgehead atoms. The summed E-state index contributed by atoms with van der Waals surface area (Å²) in [5, 5.41) is 2.76. The van der Waals surface area contributed by atoms with Crippen molar-refractivity contribution in [2.45, 2.75) is 27.3 Å². The zero-order valence-electron chi connectivity index (χ0n) is 11.3. The molecule has 0 saturated carbocycles. The summed E-state index contributed by atoms with van der Waals surface area (Å²) in [4.78, 5) is 16.3. The zero-order valence-corrected chi connectivity index (χ0v) is 11.3. The van der Waals surface area contributed by atoms with Crippen LogP contribution < -0.4 is 11.1 Å². The Morgan fingerprint density at radius 1 is 1.37 bits per heavy atom. The number of nitrogens with one attached hydrogen (secondary N) is 1. The van der Waals surface area contributed by atoms with Gasteiger partial charge in [0, 0.05) is 5.69 Å². The molecule has 0 aliphatic heterocycles. The van der Waals surface area contributed by atoms with Gasteiger partial charge in [-0.1, -0.05) is 12.1 Å². The molecule has 0 fully saturated rings. The number of nitrogens with zero attached hydrogens (tertiary/aromatic N) is 1.